The van der Waals surface area contributed by atoms with Crippen LogP contribution in [0.5, 0.6) is 17.2 Å². The molecule has 1 aliphatic heterocycles. The van der Waals surface area contributed by atoms with Crippen molar-refractivity contribution in [1.29, 1.82) is 0 Å². The third-order valence-corrected chi connectivity index (χ3v) is 4.69. The Bertz CT molecular complexity index is 512. The fraction of sp³-hybridized carbons (Fsp3) is 0.684. The molecule has 2 N–H and O–H groups in total. The Morgan fingerprint density at radius 3 is 2.40 bits per heavy atom. The molecule has 0 amide bonds. The van der Waals surface area contributed by atoms with Crippen LogP contribution in [0.15, 0.2) is 12.1 Å². The quantitative estimate of drug-likeness (QED) is 0.690. The molecule has 0 saturated carbocycles. The third kappa shape index (κ3) is 5.76. The molecule has 1 saturated heterocycles. The van der Waals surface area contributed by atoms with E-state index in [1.165, 1.54) is 17.7 Å². The third-order valence-electron chi connectivity index (χ3n) is 4.69. The highest BCUT2D eigenvalue weighted by atomic mass is 16.5. The molecule has 1 heterocycles. The van der Waals surface area contributed by atoms with Gasteiger partial charge in [0.2, 0.25) is 5.75 Å². The molecule has 2 rings (SSSR count). The lowest BCUT2D eigenvalue weighted by atomic mass is 10.0. The molecule has 1 aliphatic rings. The lowest BCUT2D eigenvalue weighted by molar-refractivity contribution is -0.911. The number of benzene rings is 1. The fourth-order valence-electron chi connectivity index (χ4n) is 3.51. The Kier molecular flexibility index (Phi) is 7.81. The predicted molar refractivity (Wildman–Crippen MR) is 95.7 cm³/mol. The van der Waals surface area contributed by atoms with Crippen LogP contribution in [0.1, 0.15) is 25.3 Å². The largest absolute Gasteiger partial charge is 0.493 e. The number of ether oxygens (including phenoxy) is 4. The molecule has 1 unspecified atom stereocenters. The minimum absolute atomic E-state index is 0.328. The first-order chi connectivity index (χ1) is 12.1. The number of methoxy groups -OCH3 is 3. The molecule has 0 aromatic heterocycles. The number of quaternary nitrogens is 1. The number of aliphatic hydroxyl groups excluding tert-OH is 1. The van der Waals surface area contributed by atoms with Gasteiger partial charge in [-0.25, -0.2) is 0 Å². The van der Waals surface area contributed by atoms with E-state index in [4.69, 9.17) is 18.9 Å². The van der Waals surface area contributed by atoms with Crippen molar-refractivity contribution in [2.24, 2.45) is 5.92 Å². The molecule has 0 spiro atoms. The van der Waals surface area contributed by atoms with Gasteiger partial charge in [-0.1, -0.05) is 6.92 Å². The second-order valence-electron chi connectivity index (χ2n) is 6.86. The molecular formula is C19H32NO5+. The van der Waals surface area contributed by atoms with Crippen molar-refractivity contribution in [3.8, 4) is 17.2 Å². The van der Waals surface area contributed by atoms with E-state index in [-0.39, 0.29) is 0 Å². The van der Waals surface area contributed by atoms with E-state index in [0.29, 0.717) is 30.5 Å². The van der Waals surface area contributed by atoms with E-state index in [1.807, 2.05) is 12.1 Å². The minimum atomic E-state index is -0.442. The normalized spacial score (nSPS) is 21.6. The van der Waals surface area contributed by atoms with Gasteiger partial charge in [0.05, 0.1) is 47.6 Å². The van der Waals surface area contributed by atoms with E-state index in [1.54, 1.807) is 21.3 Å². The summed E-state index contributed by atoms with van der Waals surface area (Å²) in [6.45, 7) is 6.04. The SMILES string of the molecule is COc1cc(COC[C@@H](O)C[NH+]2CCC[C@H](C)C2)cc(OC)c1OC. The van der Waals surface area contributed by atoms with Crippen LogP contribution in [-0.4, -0.2) is 58.8 Å². The smallest absolute Gasteiger partial charge is 0.203 e. The Morgan fingerprint density at radius 2 is 1.84 bits per heavy atom. The highest BCUT2D eigenvalue weighted by Crippen LogP contribution is 2.38. The number of hydrogen-bond acceptors (Lipinski definition) is 5. The van der Waals surface area contributed by atoms with Crippen LogP contribution >= 0.6 is 0 Å². The molecule has 3 atom stereocenters. The first-order valence-corrected chi connectivity index (χ1v) is 8.95. The van der Waals surface area contributed by atoms with Gasteiger partial charge in [0.25, 0.3) is 0 Å². The van der Waals surface area contributed by atoms with Gasteiger partial charge < -0.3 is 29.0 Å². The number of piperidine rings is 1. The zero-order valence-corrected chi connectivity index (χ0v) is 15.8. The standard InChI is InChI=1S/C19H31NO5/c1-14-6-5-7-20(10-14)11-16(21)13-25-12-15-8-17(22-2)19(24-4)18(9-15)23-3/h8-9,14,16,21H,5-7,10-13H2,1-4H3/p+1/t14-,16-/m0/s1. The molecule has 6 nitrogen and oxygen atoms in total. The van der Waals surface area contributed by atoms with Crippen LogP contribution < -0.4 is 19.1 Å². The van der Waals surface area contributed by atoms with E-state index < -0.39 is 6.10 Å². The molecule has 0 aliphatic carbocycles. The lowest BCUT2D eigenvalue weighted by Gasteiger charge is -2.29. The number of nitrogens with one attached hydrogen (secondary N) is 1. The van der Waals surface area contributed by atoms with E-state index in [2.05, 4.69) is 6.92 Å². The molecule has 1 fully saturated rings. The minimum Gasteiger partial charge on any atom is -0.493 e. The first-order valence-electron chi connectivity index (χ1n) is 8.95. The maximum absolute atomic E-state index is 10.2. The van der Waals surface area contributed by atoms with Crippen molar-refractivity contribution < 1.29 is 29.0 Å². The number of aliphatic hydroxyl groups is 1. The zero-order valence-electron chi connectivity index (χ0n) is 15.8. The molecule has 1 aromatic rings. The van der Waals surface area contributed by atoms with E-state index in [0.717, 1.165) is 31.1 Å². The summed E-state index contributed by atoms with van der Waals surface area (Å²) in [5, 5.41) is 10.2. The van der Waals surface area contributed by atoms with Crippen molar-refractivity contribution >= 4 is 0 Å². The Balaban J connectivity index is 1.84. The Hall–Kier alpha value is -1.50. The van der Waals surface area contributed by atoms with Crippen molar-refractivity contribution in [2.75, 3.05) is 47.6 Å². The van der Waals surface area contributed by atoms with Crippen LogP contribution in [0.2, 0.25) is 0 Å². The average molecular weight is 354 g/mol. The van der Waals surface area contributed by atoms with E-state index in [9.17, 15) is 5.11 Å². The van der Waals surface area contributed by atoms with Crippen LogP contribution in [0, 0.1) is 5.92 Å². The molecule has 142 valence electrons. The summed E-state index contributed by atoms with van der Waals surface area (Å²) in [7, 11) is 4.76. The predicted octanol–water partition coefficient (Wildman–Crippen LogP) is 0.905. The van der Waals surface area contributed by atoms with Crippen molar-refractivity contribution in [3.63, 3.8) is 0 Å². The van der Waals surface area contributed by atoms with Gasteiger partial charge in [-0.15, -0.1) is 0 Å². The number of likely N-dealkylation sites (tertiary alicyclic amines) is 1. The van der Waals surface area contributed by atoms with Crippen molar-refractivity contribution in [2.45, 2.75) is 32.5 Å². The molecule has 0 bridgehead atoms. The molecule has 0 radical (unpaired) electrons. The van der Waals surface area contributed by atoms with Crippen molar-refractivity contribution in [1.82, 2.24) is 0 Å². The summed E-state index contributed by atoms with van der Waals surface area (Å²) in [5.41, 5.74) is 0.917. The molecule has 1 aromatic carbocycles. The van der Waals surface area contributed by atoms with Crippen molar-refractivity contribution in [3.05, 3.63) is 17.7 Å². The summed E-state index contributed by atoms with van der Waals surface area (Å²) >= 11 is 0. The summed E-state index contributed by atoms with van der Waals surface area (Å²) in [6, 6.07) is 3.73. The van der Waals surface area contributed by atoms with Crippen LogP contribution in [-0.2, 0) is 11.3 Å². The van der Waals surface area contributed by atoms with Gasteiger partial charge in [-0.05, 0) is 30.5 Å². The summed E-state index contributed by atoms with van der Waals surface area (Å²) in [4.78, 5) is 1.47. The topological polar surface area (TPSA) is 61.6 Å². The lowest BCUT2D eigenvalue weighted by Crippen LogP contribution is -3.14. The number of rotatable bonds is 9. The van der Waals surface area contributed by atoms with Gasteiger partial charge in [-0.3, -0.25) is 0 Å². The fourth-order valence-corrected chi connectivity index (χ4v) is 3.51. The van der Waals surface area contributed by atoms with Gasteiger partial charge in [0.15, 0.2) is 11.5 Å². The molecule has 6 heteroatoms. The highest BCUT2D eigenvalue weighted by molar-refractivity contribution is 5.53. The molecular weight excluding hydrogens is 322 g/mol. The zero-order chi connectivity index (χ0) is 18.2. The second kappa shape index (κ2) is 9.85. The van der Waals surface area contributed by atoms with Gasteiger partial charge in [0, 0.05) is 5.92 Å². The monoisotopic (exact) mass is 354 g/mol. The maximum atomic E-state index is 10.2. The summed E-state index contributed by atoms with van der Waals surface area (Å²) in [5.74, 6) is 2.52. The second-order valence-corrected chi connectivity index (χ2v) is 6.86. The highest BCUT2D eigenvalue weighted by Gasteiger charge is 2.22. The van der Waals surface area contributed by atoms with Crippen LogP contribution in [0.4, 0.5) is 0 Å². The van der Waals surface area contributed by atoms with Crippen LogP contribution in [0.25, 0.3) is 0 Å². The molecule has 25 heavy (non-hydrogen) atoms. The number of hydrogen-bond donors (Lipinski definition) is 2. The Labute approximate surface area is 150 Å². The average Bonchev–Trinajstić information content (AvgIpc) is 2.60. The van der Waals surface area contributed by atoms with Gasteiger partial charge in [-0.2, -0.15) is 0 Å². The van der Waals surface area contributed by atoms with Crippen LogP contribution in [0.3, 0.4) is 0 Å². The van der Waals surface area contributed by atoms with E-state index >= 15 is 0 Å². The first kappa shape index (κ1) is 19.8. The van der Waals surface area contributed by atoms with Gasteiger partial charge >= 0.3 is 0 Å². The maximum Gasteiger partial charge on any atom is 0.203 e. The Morgan fingerprint density at radius 1 is 1.16 bits per heavy atom. The summed E-state index contributed by atoms with van der Waals surface area (Å²) in [6.07, 6.45) is 2.11. The van der Waals surface area contributed by atoms with Gasteiger partial charge in [0.1, 0.15) is 12.6 Å². The summed E-state index contributed by atoms with van der Waals surface area (Å²) < 4.78 is 21.7.